The first-order valence-electron chi connectivity index (χ1n) is 7.03. The third kappa shape index (κ3) is 5.85. The van der Waals surface area contributed by atoms with Crippen molar-refractivity contribution in [2.24, 2.45) is 0 Å². The molecular weight excluding hydrogens is 318 g/mol. The molecule has 0 saturated carbocycles. The first-order chi connectivity index (χ1) is 11.1. The molecule has 3 rings (SSSR count). The van der Waals surface area contributed by atoms with E-state index >= 15 is 0 Å². The highest BCUT2D eigenvalue weighted by Gasteiger charge is 2.13. The second-order valence-electron chi connectivity index (χ2n) is 4.61. The quantitative estimate of drug-likeness (QED) is 0.823. The van der Waals surface area contributed by atoms with Gasteiger partial charge in [-0.1, -0.05) is 6.07 Å². The predicted octanol–water partition coefficient (Wildman–Crippen LogP) is 1.50. The van der Waals surface area contributed by atoms with Crippen LogP contribution in [0.5, 0.6) is 0 Å². The van der Waals surface area contributed by atoms with Crippen LogP contribution < -0.4 is 10.5 Å². The van der Waals surface area contributed by atoms with Crippen molar-refractivity contribution in [3.8, 4) is 0 Å². The maximum atomic E-state index is 11.9. The van der Waals surface area contributed by atoms with Crippen LogP contribution in [-0.4, -0.2) is 39.8 Å². The van der Waals surface area contributed by atoms with Crippen molar-refractivity contribution in [1.82, 2.24) is 4.98 Å². The lowest BCUT2D eigenvalue weighted by molar-refractivity contribution is -0.0334. The molecular formula is C15H19N3O4S. The molecule has 8 heteroatoms. The molecule has 1 aromatic carbocycles. The van der Waals surface area contributed by atoms with E-state index in [0.29, 0.717) is 5.69 Å². The normalized spacial score (nSPS) is 14.4. The van der Waals surface area contributed by atoms with Crippen LogP contribution in [0.4, 0.5) is 11.5 Å². The van der Waals surface area contributed by atoms with Crippen LogP contribution in [0.15, 0.2) is 53.6 Å². The lowest BCUT2D eigenvalue weighted by atomic mass is 10.3. The Morgan fingerprint density at radius 3 is 2.04 bits per heavy atom. The van der Waals surface area contributed by atoms with E-state index < -0.39 is 10.0 Å². The Morgan fingerprint density at radius 2 is 1.57 bits per heavy atom. The summed E-state index contributed by atoms with van der Waals surface area (Å²) in [6, 6.07) is 10.9. The molecule has 1 aromatic heterocycles. The Morgan fingerprint density at radius 1 is 0.957 bits per heavy atom. The minimum atomic E-state index is -3.60. The fourth-order valence-corrected chi connectivity index (χ4v) is 2.71. The van der Waals surface area contributed by atoms with Crippen molar-refractivity contribution in [2.45, 2.75) is 4.90 Å². The van der Waals surface area contributed by atoms with E-state index in [1.54, 1.807) is 18.2 Å². The molecule has 0 bridgehead atoms. The van der Waals surface area contributed by atoms with Crippen LogP contribution in [0.25, 0.3) is 0 Å². The molecule has 23 heavy (non-hydrogen) atoms. The average Bonchev–Trinajstić information content (AvgIpc) is 2.58. The number of nitrogen functional groups attached to an aromatic ring is 1. The molecule has 2 aromatic rings. The largest absolute Gasteiger partial charge is 0.399 e. The molecule has 0 amide bonds. The molecule has 0 aliphatic carbocycles. The molecule has 1 aliphatic rings. The van der Waals surface area contributed by atoms with Crippen LogP contribution in [0.2, 0.25) is 0 Å². The SMILES string of the molecule is C1COCCO1.Nc1ccc(S(=O)(=O)Nc2ccccn2)cc1. The molecule has 1 aliphatic heterocycles. The first kappa shape index (κ1) is 17.2. The van der Waals surface area contributed by atoms with E-state index in [0.717, 1.165) is 26.4 Å². The summed E-state index contributed by atoms with van der Waals surface area (Å²) in [6.07, 6.45) is 1.51. The van der Waals surface area contributed by atoms with Crippen LogP contribution in [0, 0.1) is 0 Å². The number of anilines is 2. The molecule has 3 N–H and O–H groups in total. The van der Waals surface area contributed by atoms with Gasteiger partial charge in [0.2, 0.25) is 0 Å². The summed E-state index contributed by atoms with van der Waals surface area (Å²) in [5.74, 6) is 0.282. The highest BCUT2D eigenvalue weighted by Crippen LogP contribution is 2.15. The average molecular weight is 337 g/mol. The van der Waals surface area contributed by atoms with Crippen molar-refractivity contribution < 1.29 is 17.9 Å². The molecule has 0 radical (unpaired) electrons. The summed E-state index contributed by atoms with van der Waals surface area (Å²) in [7, 11) is -3.60. The topological polar surface area (TPSA) is 104 Å². The maximum Gasteiger partial charge on any atom is 0.263 e. The number of pyridine rings is 1. The number of ether oxygens (including phenoxy) is 2. The van der Waals surface area contributed by atoms with Gasteiger partial charge in [-0.15, -0.1) is 0 Å². The summed E-state index contributed by atoms with van der Waals surface area (Å²) >= 11 is 0. The van der Waals surface area contributed by atoms with Crippen molar-refractivity contribution >= 4 is 21.5 Å². The Labute approximate surface area is 135 Å². The lowest BCUT2D eigenvalue weighted by Crippen LogP contribution is -2.16. The van der Waals surface area contributed by atoms with Gasteiger partial charge >= 0.3 is 0 Å². The molecule has 2 heterocycles. The van der Waals surface area contributed by atoms with Crippen molar-refractivity contribution in [3.05, 3.63) is 48.7 Å². The van der Waals surface area contributed by atoms with Gasteiger partial charge in [-0.05, 0) is 36.4 Å². The standard InChI is InChI=1S/C11H11N3O2S.C4H8O2/c12-9-4-6-10(7-5-9)17(15,16)14-11-3-1-2-8-13-11;1-2-6-4-3-5-1/h1-8H,12H2,(H,13,14);1-4H2. The highest BCUT2D eigenvalue weighted by molar-refractivity contribution is 7.92. The number of sulfonamides is 1. The molecule has 0 atom stereocenters. The zero-order chi connectivity index (χ0) is 16.5. The Kier molecular flexibility index (Phi) is 6.33. The number of rotatable bonds is 3. The molecule has 0 spiro atoms. The van der Waals surface area contributed by atoms with E-state index in [4.69, 9.17) is 15.2 Å². The number of hydrogen-bond acceptors (Lipinski definition) is 6. The molecule has 1 saturated heterocycles. The van der Waals surface area contributed by atoms with E-state index in [1.807, 2.05) is 0 Å². The monoisotopic (exact) mass is 337 g/mol. The van der Waals surface area contributed by atoms with E-state index in [-0.39, 0.29) is 10.7 Å². The van der Waals surface area contributed by atoms with Gasteiger partial charge < -0.3 is 15.2 Å². The van der Waals surface area contributed by atoms with Crippen LogP contribution in [-0.2, 0) is 19.5 Å². The minimum Gasteiger partial charge on any atom is -0.399 e. The van der Waals surface area contributed by atoms with Crippen molar-refractivity contribution in [3.63, 3.8) is 0 Å². The second kappa shape index (κ2) is 8.47. The number of nitrogens with zero attached hydrogens (tertiary/aromatic N) is 1. The van der Waals surface area contributed by atoms with Gasteiger partial charge in [0.25, 0.3) is 10.0 Å². The van der Waals surface area contributed by atoms with Crippen LogP contribution in [0.3, 0.4) is 0 Å². The fraction of sp³-hybridized carbons (Fsp3) is 0.267. The van der Waals surface area contributed by atoms with Gasteiger partial charge in [0.1, 0.15) is 5.82 Å². The summed E-state index contributed by atoms with van der Waals surface area (Å²) in [6.45, 7) is 3.11. The second-order valence-corrected chi connectivity index (χ2v) is 6.30. The predicted molar refractivity (Wildman–Crippen MR) is 87.5 cm³/mol. The molecule has 0 unspecified atom stereocenters. The van der Waals surface area contributed by atoms with Gasteiger partial charge in [0.15, 0.2) is 0 Å². The highest BCUT2D eigenvalue weighted by atomic mass is 32.2. The number of aromatic nitrogens is 1. The number of benzene rings is 1. The van der Waals surface area contributed by atoms with Crippen LogP contribution >= 0.6 is 0 Å². The third-order valence-corrected chi connectivity index (χ3v) is 4.21. The van der Waals surface area contributed by atoms with Gasteiger partial charge in [-0.25, -0.2) is 13.4 Å². The van der Waals surface area contributed by atoms with Gasteiger partial charge in [-0.2, -0.15) is 0 Å². The van der Waals surface area contributed by atoms with Crippen molar-refractivity contribution in [2.75, 3.05) is 36.9 Å². The zero-order valence-electron chi connectivity index (χ0n) is 12.5. The number of nitrogens with two attached hydrogens (primary N) is 1. The fourth-order valence-electron chi connectivity index (χ4n) is 1.71. The van der Waals surface area contributed by atoms with E-state index in [9.17, 15) is 8.42 Å². The van der Waals surface area contributed by atoms with E-state index in [2.05, 4.69) is 9.71 Å². The molecule has 124 valence electrons. The summed E-state index contributed by atoms with van der Waals surface area (Å²) in [5.41, 5.74) is 6.01. The van der Waals surface area contributed by atoms with E-state index in [1.165, 1.54) is 30.5 Å². The summed E-state index contributed by atoms with van der Waals surface area (Å²) in [4.78, 5) is 4.04. The smallest absolute Gasteiger partial charge is 0.263 e. The summed E-state index contributed by atoms with van der Waals surface area (Å²) in [5, 5.41) is 0. The van der Waals surface area contributed by atoms with Gasteiger partial charge in [0, 0.05) is 11.9 Å². The van der Waals surface area contributed by atoms with Crippen molar-refractivity contribution in [1.29, 1.82) is 0 Å². The Balaban J connectivity index is 0.000000268. The molecule has 1 fully saturated rings. The summed E-state index contributed by atoms with van der Waals surface area (Å²) < 4.78 is 36.1. The first-order valence-corrected chi connectivity index (χ1v) is 8.51. The third-order valence-electron chi connectivity index (χ3n) is 2.84. The number of nitrogens with one attached hydrogen (secondary N) is 1. The van der Waals surface area contributed by atoms with Gasteiger partial charge in [-0.3, -0.25) is 4.72 Å². The lowest BCUT2D eigenvalue weighted by Gasteiger charge is -2.09. The van der Waals surface area contributed by atoms with Crippen LogP contribution in [0.1, 0.15) is 0 Å². The molecule has 7 nitrogen and oxygen atoms in total. The Bertz CT molecular complexity index is 675. The minimum absolute atomic E-state index is 0.150. The Hall–Kier alpha value is -2.16. The van der Waals surface area contributed by atoms with Gasteiger partial charge in [0.05, 0.1) is 31.3 Å². The number of hydrogen-bond donors (Lipinski definition) is 2. The zero-order valence-corrected chi connectivity index (χ0v) is 13.3. The maximum absolute atomic E-state index is 11.9.